The Hall–Kier alpha value is -0.563. The van der Waals surface area contributed by atoms with Crippen molar-refractivity contribution in [2.24, 2.45) is 41.4 Å². The quantitative estimate of drug-likeness (QED) is 0.367. The van der Waals surface area contributed by atoms with Gasteiger partial charge in [-0.1, -0.05) is 111 Å². The maximum absolute atomic E-state index is 2.89. The van der Waals surface area contributed by atoms with Crippen LogP contribution in [-0.2, 0) is 5.41 Å². The summed E-state index contributed by atoms with van der Waals surface area (Å²) in [4.78, 5) is 0. The summed E-state index contributed by atoms with van der Waals surface area (Å²) < 4.78 is 0. The van der Waals surface area contributed by atoms with Crippen LogP contribution in [0, 0.1) is 41.4 Å². The summed E-state index contributed by atoms with van der Waals surface area (Å²) in [5, 5.41) is 0. The van der Waals surface area contributed by atoms with Crippen molar-refractivity contribution in [1.82, 2.24) is 0 Å². The maximum atomic E-state index is 2.89. The van der Waals surface area contributed by atoms with Crippen LogP contribution < -0.4 is 0 Å². The molecule has 1 aromatic carbocycles. The van der Waals surface area contributed by atoms with Gasteiger partial charge in [0.1, 0.15) is 0 Å². The Morgan fingerprint density at radius 2 is 1.40 bits per heavy atom. The lowest BCUT2D eigenvalue weighted by Crippen LogP contribution is -2.45. The van der Waals surface area contributed by atoms with Crippen LogP contribution in [-0.4, -0.2) is 8.07 Å². The van der Waals surface area contributed by atoms with Gasteiger partial charge in [0.05, 0.1) is 8.07 Å². The summed E-state index contributed by atoms with van der Waals surface area (Å²) in [7, 11) is -1.37. The molecule has 4 aliphatic carbocycles. The molecule has 0 bridgehead atoms. The minimum atomic E-state index is -1.37. The molecule has 0 radical (unpaired) electrons. The summed E-state index contributed by atoms with van der Waals surface area (Å²) in [5.41, 5.74) is 5.55. The van der Waals surface area contributed by atoms with Crippen LogP contribution in [0.25, 0.3) is 0 Å². The van der Waals surface area contributed by atoms with Gasteiger partial charge in [-0.25, -0.2) is 0 Å². The molecule has 4 aliphatic rings. The fourth-order valence-corrected chi connectivity index (χ4v) is 16.8. The summed E-state index contributed by atoms with van der Waals surface area (Å²) in [6, 6.07) is 9.93. The first kappa shape index (κ1) is 26.1. The Labute approximate surface area is 219 Å². The molecule has 196 valence electrons. The van der Waals surface area contributed by atoms with Crippen molar-refractivity contribution in [3.63, 3.8) is 0 Å². The molecule has 0 heterocycles. The van der Waals surface area contributed by atoms with Crippen molar-refractivity contribution in [3.8, 4) is 0 Å². The van der Waals surface area contributed by atoms with Crippen LogP contribution in [0.1, 0.15) is 116 Å². The van der Waals surface area contributed by atoms with E-state index in [0.29, 0.717) is 0 Å². The SMILES string of the molecule is CC(C)C1CC([Si](C)(C)C2C(C)CC3C(c4ccc(C(C)(C)C)cc4)CCCC32)C2CCCCC12. The molecule has 4 saturated carbocycles. The van der Waals surface area contributed by atoms with E-state index in [2.05, 4.69) is 78.9 Å². The first-order chi connectivity index (χ1) is 16.5. The molecular formula is C34H56Si. The largest absolute Gasteiger partial charge is 0.0689 e. The van der Waals surface area contributed by atoms with Gasteiger partial charge in [0.15, 0.2) is 0 Å². The topological polar surface area (TPSA) is 0 Å². The second-order valence-corrected chi connectivity index (χ2v) is 20.7. The molecule has 0 aliphatic heterocycles. The molecule has 1 aromatic rings. The molecule has 0 N–H and O–H groups in total. The normalized spacial score (nSPS) is 40.1. The van der Waals surface area contributed by atoms with Crippen LogP contribution in [0.15, 0.2) is 24.3 Å². The Balaban J connectivity index is 1.39. The van der Waals surface area contributed by atoms with Gasteiger partial charge in [0.25, 0.3) is 0 Å². The third-order valence-electron chi connectivity index (χ3n) is 12.2. The average Bonchev–Trinajstić information content (AvgIpc) is 3.37. The predicted molar refractivity (Wildman–Crippen MR) is 156 cm³/mol. The van der Waals surface area contributed by atoms with Gasteiger partial charge in [0, 0.05) is 0 Å². The molecule has 0 spiro atoms. The van der Waals surface area contributed by atoms with Crippen LogP contribution in [0.2, 0.25) is 24.2 Å². The first-order valence-electron chi connectivity index (χ1n) is 15.6. The highest BCUT2D eigenvalue weighted by Gasteiger charge is 2.58. The highest BCUT2D eigenvalue weighted by atomic mass is 28.3. The van der Waals surface area contributed by atoms with Crippen molar-refractivity contribution in [1.29, 1.82) is 0 Å². The lowest BCUT2D eigenvalue weighted by molar-refractivity contribution is 0.192. The van der Waals surface area contributed by atoms with Crippen molar-refractivity contribution in [2.75, 3.05) is 0 Å². The summed E-state index contributed by atoms with van der Waals surface area (Å²) >= 11 is 0. The van der Waals surface area contributed by atoms with Gasteiger partial charge < -0.3 is 0 Å². The van der Waals surface area contributed by atoms with E-state index in [9.17, 15) is 0 Å². The molecular weight excluding hydrogens is 436 g/mol. The van der Waals surface area contributed by atoms with Gasteiger partial charge >= 0.3 is 0 Å². The summed E-state index contributed by atoms with van der Waals surface area (Å²) in [6.45, 7) is 20.6. The Morgan fingerprint density at radius 1 is 0.771 bits per heavy atom. The van der Waals surface area contributed by atoms with E-state index >= 15 is 0 Å². The third kappa shape index (κ3) is 4.63. The van der Waals surface area contributed by atoms with Gasteiger partial charge in [-0.3, -0.25) is 0 Å². The van der Waals surface area contributed by atoms with Gasteiger partial charge in [-0.15, -0.1) is 0 Å². The highest BCUT2D eigenvalue weighted by molar-refractivity contribution is 6.80. The van der Waals surface area contributed by atoms with Gasteiger partial charge in [0.2, 0.25) is 0 Å². The smallest absolute Gasteiger partial charge is 0.0544 e. The molecule has 9 atom stereocenters. The van der Waals surface area contributed by atoms with E-state index in [1.165, 1.54) is 44.1 Å². The number of hydrogen-bond donors (Lipinski definition) is 0. The minimum absolute atomic E-state index is 0.252. The van der Waals surface area contributed by atoms with Crippen LogP contribution in [0.5, 0.6) is 0 Å². The maximum Gasteiger partial charge on any atom is 0.0544 e. The van der Waals surface area contributed by atoms with Gasteiger partial charge in [-0.05, 0) is 101 Å². The average molecular weight is 493 g/mol. The molecule has 5 rings (SSSR count). The molecule has 35 heavy (non-hydrogen) atoms. The number of fused-ring (bicyclic) bond motifs is 2. The second kappa shape index (κ2) is 9.63. The number of rotatable bonds is 4. The zero-order valence-electron chi connectivity index (χ0n) is 24.4. The number of benzene rings is 1. The molecule has 0 aromatic heterocycles. The minimum Gasteiger partial charge on any atom is -0.0689 e. The first-order valence-corrected chi connectivity index (χ1v) is 18.8. The van der Waals surface area contributed by atoms with Crippen LogP contribution in [0.4, 0.5) is 0 Å². The van der Waals surface area contributed by atoms with E-state index in [1.807, 2.05) is 0 Å². The molecule has 0 amide bonds. The molecule has 9 unspecified atom stereocenters. The fraction of sp³-hybridized carbons (Fsp3) is 0.824. The van der Waals surface area contributed by atoms with E-state index in [4.69, 9.17) is 0 Å². The van der Waals surface area contributed by atoms with Gasteiger partial charge in [-0.2, -0.15) is 0 Å². The van der Waals surface area contributed by atoms with E-state index in [1.54, 1.807) is 24.8 Å². The van der Waals surface area contributed by atoms with E-state index in [0.717, 1.165) is 58.4 Å². The van der Waals surface area contributed by atoms with Crippen LogP contribution in [0.3, 0.4) is 0 Å². The molecule has 4 fully saturated rings. The lowest BCUT2D eigenvalue weighted by Gasteiger charge is -2.47. The Morgan fingerprint density at radius 3 is 2.03 bits per heavy atom. The Bertz CT molecular complexity index is 858. The monoisotopic (exact) mass is 492 g/mol. The molecule has 0 saturated heterocycles. The highest BCUT2D eigenvalue weighted by Crippen LogP contribution is 2.66. The second-order valence-electron chi connectivity index (χ2n) is 15.7. The van der Waals surface area contributed by atoms with Crippen molar-refractivity contribution in [3.05, 3.63) is 35.4 Å². The van der Waals surface area contributed by atoms with Crippen molar-refractivity contribution < 1.29 is 0 Å². The van der Waals surface area contributed by atoms with Crippen molar-refractivity contribution in [2.45, 2.75) is 135 Å². The molecule has 1 heteroatoms. The zero-order chi connectivity index (χ0) is 25.1. The lowest BCUT2D eigenvalue weighted by atomic mass is 9.70. The number of hydrogen-bond acceptors (Lipinski definition) is 0. The van der Waals surface area contributed by atoms with Crippen LogP contribution >= 0.6 is 0 Å². The zero-order valence-corrected chi connectivity index (χ0v) is 25.4. The van der Waals surface area contributed by atoms with E-state index < -0.39 is 8.07 Å². The fourth-order valence-electron chi connectivity index (χ4n) is 10.7. The van der Waals surface area contributed by atoms with Crippen molar-refractivity contribution >= 4 is 8.07 Å². The standard InChI is InChI=1S/C34H56Si/c1-22(2)30-21-32(28-13-10-9-12-27(28)30)35(7,8)33-23(3)20-31-26(14-11-15-29(31)33)24-16-18-25(19-17-24)34(4,5)6/h16-19,22-23,26-33H,9-15,20-21H2,1-8H3. The van der Waals surface area contributed by atoms with E-state index in [-0.39, 0.29) is 5.41 Å². The predicted octanol–water partition coefficient (Wildman–Crippen LogP) is 10.5. The Kier molecular flexibility index (Phi) is 7.17. The summed E-state index contributed by atoms with van der Waals surface area (Å²) in [5.74, 6) is 7.76. The summed E-state index contributed by atoms with van der Waals surface area (Å²) in [6.07, 6.45) is 13.7. The third-order valence-corrected chi connectivity index (χ3v) is 17.5. The molecule has 0 nitrogen and oxygen atoms in total.